The Morgan fingerprint density at radius 2 is 1.95 bits per heavy atom. The summed E-state index contributed by atoms with van der Waals surface area (Å²) in [7, 11) is 0. The van der Waals surface area contributed by atoms with Crippen LogP contribution in [0.25, 0.3) is 0 Å². The molecule has 3 N–H and O–H groups in total. The molecule has 1 aliphatic carbocycles. The zero-order valence-electron chi connectivity index (χ0n) is 11.4. The molecule has 1 saturated carbocycles. The van der Waals surface area contributed by atoms with Crippen LogP contribution in [0, 0.1) is 11.6 Å². The first kappa shape index (κ1) is 14.0. The van der Waals surface area contributed by atoms with Crippen LogP contribution in [0.5, 0.6) is 5.75 Å². The molecule has 2 aromatic rings. The van der Waals surface area contributed by atoms with Gasteiger partial charge in [0.05, 0.1) is 12.1 Å². The normalized spacial score (nSPS) is 15.8. The first-order valence-electron chi connectivity index (χ1n) is 6.85. The molecule has 0 saturated heterocycles. The van der Waals surface area contributed by atoms with E-state index < -0.39 is 17.7 Å². The van der Waals surface area contributed by atoms with Crippen molar-refractivity contribution in [2.45, 2.75) is 25.0 Å². The molecule has 110 valence electrons. The zero-order valence-corrected chi connectivity index (χ0v) is 11.4. The smallest absolute Gasteiger partial charge is 0.128 e. The van der Waals surface area contributed by atoms with Gasteiger partial charge in [-0.05, 0) is 48.7 Å². The Labute approximate surface area is 121 Å². The highest BCUT2D eigenvalue weighted by atomic mass is 19.1. The van der Waals surface area contributed by atoms with Gasteiger partial charge in [-0.3, -0.25) is 5.84 Å². The van der Waals surface area contributed by atoms with Crippen molar-refractivity contribution in [3.8, 4) is 5.75 Å². The van der Waals surface area contributed by atoms with Crippen molar-refractivity contribution in [1.29, 1.82) is 0 Å². The number of hydrogen-bond donors (Lipinski definition) is 2. The molecular weight excluding hydrogens is 274 g/mol. The van der Waals surface area contributed by atoms with Crippen molar-refractivity contribution < 1.29 is 13.5 Å². The minimum Gasteiger partial charge on any atom is -0.490 e. The molecular formula is C16H16F2N2O. The van der Waals surface area contributed by atoms with Crippen molar-refractivity contribution in [3.63, 3.8) is 0 Å². The van der Waals surface area contributed by atoms with Crippen LogP contribution in [0.15, 0.2) is 42.5 Å². The highest BCUT2D eigenvalue weighted by Crippen LogP contribution is 2.30. The Morgan fingerprint density at radius 3 is 2.67 bits per heavy atom. The molecule has 0 bridgehead atoms. The number of halogens is 2. The molecule has 0 aliphatic heterocycles. The lowest BCUT2D eigenvalue weighted by Crippen LogP contribution is -2.29. The van der Waals surface area contributed by atoms with E-state index >= 15 is 0 Å². The maximum absolute atomic E-state index is 13.9. The quantitative estimate of drug-likeness (QED) is 0.657. The van der Waals surface area contributed by atoms with Gasteiger partial charge in [-0.15, -0.1) is 0 Å². The molecule has 21 heavy (non-hydrogen) atoms. The molecule has 1 atom stereocenters. The predicted octanol–water partition coefficient (Wildman–Crippen LogP) is 3.06. The summed E-state index contributed by atoms with van der Waals surface area (Å²) in [5.74, 6) is 5.25. The fraction of sp³-hybridized carbons (Fsp3) is 0.250. The number of nitrogens with one attached hydrogen (secondary N) is 1. The summed E-state index contributed by atoms with van der Waals surface area (Å²) in [6.45, 7) is 0. The summed E-state index contributed by atoms with van der Waals surface area (Å²) in [6.07, 6.45) is 2.39. The summed E-state index contributed by atoms with van der Waals surface area (Å²) in [6, 6.07) is 9.95. The van der Waals surface area contributed by atoms with E-state index in [0.717, 1.165) is 36.6 Å². The van der Waals surface area contributed by atoms with Gasteiger partial charge < -0.3 is 4.74 Å². The lowest BCUT2D eigenvalue weighted by molar-refractivity contribution is 0.302. The minimum absolute atomic E-state index is 0.168. The molecule has 3 rings (SSSR count). The summed E-state index contributed by atoms with van der Waals surface area (Å²) in [5, 5.41) is 0. The van der Waals surface area contributed by atoms with Gasteiger partial charge in [-0.25, -0.2) is 14.2 Å². The Morgan fingerprint density at radius 1 is 1.14 bits per heavy atom. The molecule has 1 aliphatic rings. The molecule has 0 heterocycles. The van der Waals surface area contributed by atoms with Crippen LogP contribution in [0.1, 0.15) is 30.0 Å². The van der Waals surface area contributed by atoms with E-state index in [0.29, 0.717) is 5.75 Å². The fourth-order valence-corrected chi connectivity index (χ4v) is 2.25. The third-order valence-electron chi connectivity index (χ3n) is 3.45. The van der Waals surface area contributed by atoms with Gasteiger partial charge in [0, 0.05) is 5.56 Å². The minimum atomic E-state index is -0.636. The number of hydrazine groups is 1. The van der Waals surface area contributed by atoms with Gasteiger partial charge in [0.15, 0.2) is 0 Å². The second-order valence-corrected chi connectivity index (χ2v) is 5.16. The van der Waals surface area contributed by atoms with Gasteiger partial charge in [0.1, 0.15) is 17.4 Å². The molecule has 3 nitrogen and oxygen atoms in total. The molecule has 1 unspecified atom stereocenters. The third kappa shape index (κ3) is 3.20. The fourth-order valence-electron chi connectivity index (χ4n) is 2.25. The molecule has 0 spiro atoms. The monoisotopic (exact) mass is 290 g/mol. The van der Waals surface area contributed by atoms with E-state index in [-0.39, 0.29) is 11.7 Å². The highest BCUT2D eigenvalue weighted by Gasteiger charge is 2.24. The van der Waals surface area contributed by atoms with Crippen molar-refractivity contribution >= 4 is 0 Å². The van der Waals surface area contributed by atoms with Crippen molar-refractivity contribution in [2.24, 2.45) is 5.84 Å². The molecule has 5 heteroatoms. The average Bonchev–Trinajstić information content (AvgIpc) is 3.28. The lowest BCUT2D eigenvalue weighted by atomic mass is 9.98. The van der Waals surface area contributed by atoms with Gasteiger partial charge in [0.2, 0.25) is 0 Å². The van der Waals surface area contributed by atoms with Crippen LogP contribution in [-0.2, 0) is 0 Å². The van der Waals surface area contributed by atoms with E-state index in [1.54, 1.807) is 12.1 Å². The Balaban J connectivity index is 1.93. The lowest BCUT2D eigenvalue weighted by Gasteiger charge is -2.18. The third-order valence-corrected chi connectivity index (χ3v) is 3.45. The van der Waals surface area contributed by atoms with Gasteiger partial charge in [-0.2, -0.15) is 0 Å². The summed E-state index contributed by atoms with van der Waals surface area (Å²) in [5.41, 5.74) is 3.43. The second-order valence-electron chi connectivity index (χ2n) is 5.16. The number of hydrogen-bond acceptors (Lipinski definition) is 3. The average molecular weight is 290 g/mol. The number of benzene rings is 2. The van der Waals surface area contributed by atoms with Crippen molar-refractivity contribution in [2.75, 3.05) is 0 Å². The Hall–Kier alpha value is -1.98. The van der Waals surface area contributed by atoms with Crippen LogP contribution >= 0.6 is 0 Å². The maximum atomic E-state index is 13.9. The summed E-state index contributed by atoms with van der Waals surface area (Å²) < 4.78 is 33.0. The zero-order chi connectivity index (χ0) is 14.8. The predicted molar refractivity (Wildman–Crippen MR) is 75.6 cm³/mol. The Bertz CT molecular complexity index is 644. The van der Waals surface area contributed by atoms with Gasteiger partial charge >= 0.3 is 0 Å². The summed E-state index contributed by atoms with van der Waals surface area (Å²) >= 11 is 0. The molecule has 0 radical (unpaired) electrons. The van der Waals surface area contributed by atoms with E-state index in [9.17, 15) is 8.78 Å². The van der Waals surface area contributed by atoms with E-state index in [2.05, 4.69) is 5.43 Å². The van der Waals surface area contributed by atoms with E-state index in [1.807, 2.05) is 12.1 Å². The first-order chi connectivity index (χ1) is 10.2. The van der Waals surface area contributed by atoms with Crippen LogP contribution in [0.3, 0.4) is 0 Å². The number of rotatable bonds is 5. The van der Waals surface area contributed by atoms with Crippen molar-refractivity contribution in [1.82, 2.24) is 5.43 Å². The summed E-state index contributed by atoms with van der Waals surface area (Å²) in [4.78, 5) is 0. The van der Waals surface area contributed by atoms with Crippen LogP contribution in [-0.4, -0.2) is 6.10 Å². The molecule has 0 amide bonds. The van der Waals surface area contributed by atoms with Crippen LogP contribution < -0.4 is 16.0 Å². The Kier molecular flexibility index (Phi) is 3.86. The van der Waals surface area contributed by atoms with Crippen molar-refractivity contribution in [3.05, 3.63) is 65.2 Å². The van der Waals surface area contributed by atoms with Gasteiger partial charge in [0.25, 0.3) is 0 Å². The molecule has 0 aromatic heterocycles. The largest absolute Gasteiger partial charge is 0.490 e. The maximum Gasteiger partial charge on any atom is 0.128 e. The topological polar surface area (TPSA) is 47.3 Å². The second kappa shape index (κ2) is 5.79. The number of ether oxygens (including phenoxy) is 1. The van der Waals surface area contributed by atoms with Crippen LogP contribution in [0.2, 0.25) is 0 Å². The molecule has 2 aromatic carbocycles. The number of nitrogens with two attached hydrogens (primary N) is 1. The highest BCUT2D eigenvalue weighted by molar-refractivity contribution is 5.37. The van der Waals surface area contributed by atoms with E-state index in [4.69, 9.17) is 10.6 Å². The SMILES string of the molecule is NNC(c1cccc(OC2CC2)c1)c1cc(F)ccc1F. The standard InChI is InChI=1S/C16H16F2N2O/c17-11-4-7-15(18)14(9-11)16(20-19)10-2-1-3-13(8-10)21-12-5-6-12/h1-4,7-9,12,16,20H,5-6,19H2. The molecule has 1 fully saturated rings. The van der Waals surface area contributed by atoms with Crippen LogP contribution in [0.4, 0.5) is 8.78 Å². The first-order valence-corrected chi connectivity index (χ1v) is 6.85. The van der Waals surface area contributed by atoms with Gasteiger partial charge in [-0.1, -0.05) is 12.1 Å². The van der Waals surface area contributed by atoms with E-state index in [1.165, 1.54) is 0 Å².